The smallest absolute Gasteiger partial charge is 0.290 e. The molecule has 1 amide bonds. The third-order valence-corrected chi connectivity index (χ3v) is 7.27. The van der Waals surface area contributed by atoms with Gasteiger partial charge in [0.25, 0.3) is 11.5 Å². The molecule has 0 aliphatic carbocycles. The standard InChI is InChI=1S/C27H22FN5O7S/c1-36-22-17(9-16-10-19(32-40-16)14-3-5-15(28)6-4-14)18(23(37-2)25-24(22)38-13-39-25)12-29-31-26(35)20-11-21(34)33-7-8-41-27(33)30-20/h3-8,11-12,16H,9-10,13H2,1-2H3,(H,31,35). The molecule has 14 heteroatoms. The highest BCUT2D eigenvalue weighted by Crippen LogP contribution is 2.52. The normalized spacial score (nSPS) is 15.7. The van der Waals surface area contributed by atoms with Gasteiger partial charge in [-0.1, -0.05) is 17.3 Å². The minimum absolute atomic E-state index is 0.0387. The average molecular weight is 580 g/mol. The first-order chi connectivity index (χ1) is 20.0. The summed E-state index contributed by atoms with van der Waals surface area (Å²) < 4.78 is 37.4. The summed E-state index contributed by atoms with van der Waals surface area (Å²) in [5, 5.41) is 10.0. The van der Waals surface area contributed by atoms with E-state index in [1.807, 2.05) is 0 Å². The van der Waals surface area contributed by atoms with Crippen molar-refractivity contribution in [3.8, 4) is 23.0 Å². The highest BCUT2D eigenvalue weighted by atomic mass is 32.1. The third kappa shape index (κ3) is 4.93. The Bertz CT molecular complexity index is 1770. The first kappa shape index (κ1) is 26.3. The number of hydrazone groups is 1. The van der Waals surface area contributed by atoms with Crippen molar-refractivity contribution in [1.82, 2.24) is 14.8 Å². The van der Waals surface area contributed by atoms with Gasteiger partial charge in [0.05, 0.1) is 26.1 Å². The summed E-state index contributed by atoms with van der Waals surface area (Å²) >= 11 is 1.23. The number of carbonyl (C=O) groups excluding carboxylic acids is 1. The first-order valence-corrected chi connectivity index (χ1v) is 13.2. The molecular weight excluding hydrogens is 557 g/mol. The molecule has 0 bridgehead atoms. The molecule has 6 rings (SSSR count). The average Bonchev–Trinajstić information content (AvgIpc) is 3.75. The number of ether oxygens (including phenoxy) is 4. The zero-order valence-corrected chi connectivity index (χ0v) is 22.6. The van der Waals surface area contributed by atoms with E-state index in [1.165, 1.54) is 48.3 Å². The van der Waals surface area contributed by atoms with Gasteiger partial charge in [0.1, 0.15) is 17.6 Å². The predicted octanol–water partition coefficient (Wildman–Crippen LogP) is 3.14. The van der Waals surface area contributed by atoms with Crippen LogP contribution in [-0.2, 0) is 11.3 Å². The van der Waals surface area contributed by atoms with E-state index in [-0.39, 0.29) is 23.9 Å². The van der Waals surface area contributed by atoms with Crippen LogP contribution in [0.25, 0.3) is 4.96 Å². The Morgan fingerprint density at radius 3 is 2.73 bits per heavy atom. The third-order valence-electron chi connectivity index (χ3n) is 6.52. The molecule has 0 saturated heterocycles. The summed E-state index contributed by atoms with van der Waals surface area (Å²) in [7, 11) is 2.97. The van der Waals surface area contributed by atoms with Gasteiger partial charge in [-0.25, -0.2) is 14.8 Å². The molecule has 4 aromatic rings. The molecule has 1 atom stereocenters. The Hall–Kier alpha value is -4.98. The van der Waals surface area contributed by atoms with Gasteiger partial charge in [-0.2, -0.15) is 5.10 Å². The van der Waals surface area contributed by atoms with E-state index in [4.69, 9.17) is 23.8 Å². The lowest BCUT2D eigenvalue weighted by Crippen LogP contribution is -2.23. The van der Waals surface area contributed by atoms with Crippen LogP contribution in [0.2, 0.25) is 0 Å². The lowest BCUT2D eigenvalue weighted by molar-refractivity contribution is 0.0853. The molecule has 1 N–H and O–H groups in total. The van der Waals surface area contributed by atoms with Gasteiger partial charge < -0.3 is 23.8 Å². The van der Waals surface area contributed by atoms with Crippen molar-refractivity contribution in [3.63, 3.8) is 0 Å². The van der Waals surface area contributed by atoms with Crippen molar-refractivity contribution < 1.29 is 33.0 Å². The number of benzene rings is 2. The summed E-state index contributed by atoms with van der Waals surface area (Å²) in [5.74, 6) is 0.400. The van der Waals surface area contributed by atoms with Crippen LogP contribution in [0.4, 0.5) is 4.39 Å². The number of hydrogen-bond acceptors (Lipinski definition) is 11. The Balaban J connectivity index is 1.30. The number of hydrogen-bond donors (Lipinski definition) is 1. The molecule has 2 aliphatic heterocycles. The van der Waals surface area contributed by atoms with Crippen molar-refractivity contribution in [1.29, 1.82) is 0 Å². The maximum absolute atomic E-state index is 13.4. The minimum Gasteiger partial charge on any atom is -0.492 e. The fourth-order valence-corrected chi connectivity index (χ4v) is 5.36. The van der Waals surface area contributed by atoms with Crippen molar-refractivity contribution in [2.75, 3.05) is 21.0 Å². The molecule has 2 aromatic carbocycles. The number of nitrogens with one attached hydrogen (secondary N) is 1. The highest BCUT2D eigenvalue weighted by molar-refractivity contribution is 7.15. The molecule has 2 aromatic heterocycles. The fourth-order valence-electron chi connectivity index (χ4n) is 4.64. The van der Waals surface area contributed by atoms with Crippen LogP contribution < -0.4 is 29.9 Å². The maximum atomic E-state index is 13.4. The Labute approximate surface area is 235 Å². The monoisotopic (exact) mass is 579 g/mol. The lowest BCUT2D eigenvalue weighted by atomic mass is 9.95. The van der Waals surface area contributed by atoms with Crippen molar-refractivity contribution >= 4 is 34.1 Å². The van der Waals surface area contributed by atoms with E-state index in [1.54, 1.807) is 23.7 Å². The van der Waals surface area contributed by atoms with E-state index in [9.17, 15) is 14.0 Å². The number of amides is 1. The fraction of sp³-hybridized carbons (Fsp3) is 0.222. The van der Waals surface area contributed by atoms with Gasteiger partial charge in [0.15, 0.2) is 16.5 Å². The van der Waals surface area contributed by atoms with Gasteiger partial charge in [-0.3, -0.25) is 14.0 Å². The minimum atomic E-state index is -0.668. The van der Waals surface area contributed by atoms with E-state index in [2.05, 4.69) is 20.7 Å². The molecule has 0 spiro atoms. The van der Waals surface area contributed by atoms with Crippen LogP contribution in [0.15, 0.2) is 57.0 Å². The van der Waals surface area contributed by atoms with Crippen LogP contribution in [0.1, 0.15) is 33.6 Å². The van der Waals surface area contributed by atoms with Gasteiger partial charge in [-0.15, -0.1) is 11.3 Å². The van der Waals surface area contributed by atoms with Gasteiger partial charge in [0, 0.05) is 41.6 Å². The number of fused-ring (bicyclic) bond motifs is 2. The second-order valence-corrected chi connectivity index (χ2v) is 9.81. The number of aromatic nitrogens is 2. The van der Waals surface area contributed by atoms with E-state index < -0.39 is 12.0 Å². The largest absolute Gasteiger partial charge is 0.492 e. The molecule has 2 aliphatic rings. The lowest BCUT2D eigenvalue weighted by Gasteiger charge is -2.19. The maximum Gasteiger partial charge on any atom is 0.290 e. The summed E-state index contributed by atoms with van der Waals surface area (Å²) in [6.07, 6.45) is 3.32. The molecule has 12 nitrogen and oxygen atoms in total. The summed E-state index contributed by atoms with van der Waals surface area (Å²) in [5.41, 5.74) is 4.45. The zero-order valence-electron chi connectivity index (χ0n) is 21.8. The molecule has 1 unspecified atom stereocenters. The number of thiazole rings is 1. The van der Waals surface area contributed by atoms with Crippen molar-refractivity contribution in [2.45, 2.75) is 18.9 Å². The Kier molecular flexibility index (Phi) is 6.97. The second kappa shape index (κ2) is 10.9. The van der Waals surface area contributed by atoms with Gasteiger partial charge in [0.2, 0.25) is 18.3 Å². The SMILES string of the molecule is COc1c(C=NNC(=O)c2cc(=O)n3ccsc3n2)c(CC2CC(c3ccc(F)cc3)=NO2)c(OC)c2c1OCO2. The van der Waals surface area contributed by atoms with E-state index >= 15 is 0 Å². The number of methoxy groups -OCH3 is 2. The zero-order chi connectivity index (χ0) is 28.5. The Morgan fingerprint density at radius 2 is 1.98 bits per heavy atom. The molecule has 0 fully saturated rings. The molecule has 0 radical (unpaired) electrons. The van der Waals surface area contributed by atoms with Crippen LogP contribution in [-0.4, -0.2) is 54.3 Å². The number of carbonyl (C=O) groups is 1. The topological polar surface area (TPSA) is 134 Å². The van der Waals surface area contributed by atoms with Crippen LogP contribution in [0.5, 0.6) is 23.0 Å². The molecule has 0 saturated carbocycles. The van der Waals surface area contributed by atoms with Gasteiger partial charge in [-0.05, 0) is 17.7 Å². The Morgan fingerprint density at radius 1 is 1.22 bits per heavy atom. The van der Waals surface area contributed by atoms with Crippen molar-refractivity contribution in [3.05, 3.63) is 80.5 Å². The van der Waals surface area contributed by atoms with Crippen molar-refractivity contribution in [2.24, 2.45) is 10.3 Å². The summed E-state index contributed by atoms with van der Waals surface area (Å²) in [6.45, 7) is -0.0387. The summed E-state index contributed by atoms with van der Waals surface area (Å²) in [6, 6.07) is 7.15. The highest BCUT2D eigenvalue weighted by Gasteiger charge is 2.34. The first-order valence-electron chi connectivity index (χ1n) is 12.3. The van der Waals surface area contributed by atoms with E-state index in [0.29, 0.717) is 57.6 Å². The van der Waals surface area contributed by atoms with Crippen LogP contribution in [0.3, 0.4) is 0 Å². The molecular formula is C27H22FN5O7S. The van der Waals surface area contributed by atoms with Crippen LogP contribution in [0, 0.1) is 5.82 Å². The quantitative estimate of drug-likeness (QED) is 0.249. The van der Waals surface area contributed by atoms with Crippen LogP contribution >= 0.6 is 11.3 Å². The molecule has 41 heavy (non-hydrogen) atoms. The molecule has 210 valence electrons. The van der Waals surface area contributed by atoms with E-state index in [0.717, 1.165) is 11.6 Å². The van der Waals surface area contributed by atoms with Gasteiger partial charge >= 0.3 is 0 Å². The number of halogens is 1. The number of rotatable bonds is 8. The second-order valence-electron chi connectivity index (χ2n) is 8.94. The molecule has 4 heterocycles. The summed E-state index contributed by atoms with van der Waals surface area (Å²) in [4.78, 5) is 35.4. The number of oxime groups is 1. The number of nitrogens with zero attached hydrogens (tertiary/aromatic N) is 4. The predicted molar refractivity (Wildman–Crippen MR) is 146 cm³/mol.